The number of hydrogen-bond acceptors (Lipinski definition) is 4. The number of carboxylic acids is 2. The highest BCUT2D eigenvalue weighted by Crippen LogP contribution is 2.26. The van der Waals surface area contributed by atoms with Crippen LogP contribution in [-0.2, 0) is 11.3 Å². The summed E-state index contributed by atoms with van der Waals surface area (Å²) in [6, 6.07) is 8.89. The molecule has 2 rings (SSSR count). The van der Waals surface area contributed by atoms with Gasteiger partial charge in [-0.2, -0.15) is 13.2 Å². The molecule has 1 aromatic heterocycles. The summed E-state index contributed by atoms with van der Waals surface area (Å²) in [7, 11) is 0. The van der Waals surface area contributed by atoms with Gasteiger partial charge in [0.25, 0.3) is 0 Å². The first kappa shape index (κ1) is 18.7. The first-order chi connectivity index (χ1) is 10.6. The molecule has 9 heteroatoms. The summed E-state index contributed by atoms with van der Waals surface area (Å²) in [5.41, 5.74) is 7.77. The number of alkyl halides is 3. The molecule has 0 aliphatic rings. The molecule has 0 aliphatic heterocycles. The molecule has 0 amide bonds. The van der Waals surface area contributed by atoms with Crippen molar-refractivity contribution in [2.24, 2.45) is 5.73 Å². The standard InChI is InChI=1S/C12H11NO2S.C2HF3O2/c13-6-11-5-10(7-16-11)8-2-1-3-9(4-8)12(14)15;3-2(4,5)1(6)7/h1-5,7H,6,13H2,(H,14,15);(H,6,7). The predicted octanol–water partition coefficient (Wildman–Crippen LogP) is 3.21. The normalized spacial score (nSPS) is 10.6. The molecule has 124 valence electrons. The van der Waals surface area contributed by atoms with E-state index in [9.17, 15) is 18.0 Å². The summed E-state index contributed by atoms with van der Waals surface area (Å²) < 4.78 is 31.7. The van der Waals surface area contributed by atoms with Crippen LogP contribution in [0.3, 0.4) is 0 Å². The van der Waals surface area contributed by atoms with Crippen molar-refractivity contribution in [3.8, 4) is 11.1 Å². The van der Waals surface area contributed by atoms with Gasteiger partial charge in [0, 0.05) is 11.4 Å². The maximum atomic E-state index is 10.8. The smallest absolute Gasteiger partial charge is 0.478 e. The minimum absolute atomic E-state index is 0.304. The fourth-order valence-corrected chi connectivity index (χ4v) is 2.24. The van der Waals surface area contributed by atoms with E-state index < -0.39 is 18.1 Å². The first-order valence-electron chi connectivity index (χ1n) is 6.06. The lowest BCUT2D eigenvalue weighted by atomic mass is 10.1. The van der Waals surface area contributed by atoms with Gasteiger partial charge in [0.15, 0.2) is 0 Å². The van der Waals surface area contributed by atoms with Crippen LogP contribution >= 0.6 is 11.3 Å². The van der Waals surface area contributed by atoms with Crippen LogP contribution in [0.2, 0.25) is 0 Å². The fraction of sp³-hybridized carbons (Fsp3) is 0.143. The quantitative estimate of drug-likeness (QED) is 0.791. The highest BCUT2D eigenvalue weighted by Gasteiger charge is 2.38. The number of hydrogen-bond donors (Lipinski definition) is 3. The van der Waals surface area contributed by atoms with Gasteiger partial charge < -0.3 is 15.9 Å². The van der Waals surface area contributed by atoms with E-state index in [1.807, 2.05) is 17.5 Å². The second-order valence-electron chi connectivity index (χ2n) is 4.19. The monoisotopic (exact) mass is 347 g/mol. The van der Waals surface area contributed by atoms with Gasteiger partial charge in [-0.1, -0.05) is 12.1 Å². The number of halogens is 3. The van der Waals surface area contributed by atoms with Crippen molar-refractivity contribution in [1.29, 1.82) is 0 Å². The van der Waals surface area contributed by atoms with E-state index in [1.54, 1.807) is 29.5 Å². The molecule has 0 bridgehead atoms. The van der Waals surface area contributed by atoms with E-state index in [-0.39, 0.29) is 0 Å². The summed E-state index contributed by atoms with van der Waals surface area (Å²) >= 11 is 1.59. The van der Waals surface area contributed by atoms with Crippen LogP contribution in [0.25, 0.3) is 11.1 Å². The first-order valence-corrected chi connectivity index (χ1v) is 6.94. The molecular weight excluding hydrogens is 335 g/mol. The molecule has 0 spiro atoms. The highest BCUT2D eigenvalue weighted by atomic mass is 32.1. The number of carbonyl (C=O) groups is 2. The molecule has 4 N–H and O–H groups in total. The zero-order valence-corrected chi connectivity index (χ0v) is 12.3. The number of nitrogens with two attached hydrogens (primary N) is 1. The van der Waals surface area contributed by atoms with E-state index in [0.717, 1.165) is 16.0 Å². The van der Waals surface area contributed by atoms with Gasteiger partial charge in [-0.15, -0.1) is 11.3 Å². The molecule has 0 fully saturated rings. The summed E-state index contributed by atoms with van der Waals surface area (Å²) in [5.74, 6) is -3.66. The lowest BCUT2D eigenvalue weighted by molar-refractivity contribution is -0.192. The van der Waals surface area contributed by atoms with E-state index in [0.29, 0.717) is 12.1 Å². The molecule has 0 unspecified atom stereocenters. The minimum Gasteiger partial charge on any atom is -0.478 e. The van der Waals surface area contributed by atoms with Crippen molar-refractivity contribution in [2.45, 2.75) is 12.7 Å². The Morgan fingerprint density at radius 3 is 2.17 bits per heavy atom. The van der Waals surface area contributed by atoms with Crippen LogP contribution in [0, 0.1) is 0 Å². The summed E-state index contributed by atoms with van der Waals surface area (Å²) in [5, 5.41) is 18.0. The molecule has 0 aliphatic carbocycles. The average molecular weight is 347 g/mol. The number of benzene rings is 1. The summed E-state index contributed by atoms with van der Waals surface area (Å²) in [4.78, 5) is 20.8. The second-order valence-corrected chi connectivity index (χ2v) is 5.19. The third-order valence-corrected chi connectivity index (χ3v) is 3.50. The van der Waals surface area contributed by atoms with Crippen molar-refractivity contribution in [1.82, 2.24) is 0 Å². The molecule has 1 heterocycles. The Labute approximate surface area is 132 Å². The Kier molecular flexibility index (Phi) is 6.28. The predicted molar refractivity (Wildman–Crippen MR) is 78.3 cm³/mol. The van der Waals surface area contributed by atoms with E-state index in [1.165, 1.54) is 0 Å². The van der Waals surface area contributed by atoms with Crippen molar-refractivity contribution in [3.05, 3.63) is 46.2 Å². The molecule has 0 atom stereocenters. The van der Waals surface area contributed by atoms with E-state index >= 15 is 0 Å². The molecule has 0 radical (unpaired) electrons. The Bertz CT molecular complexity index is 697. The molecule has 2 aromatic rings. The maximum Gasteiger partial charge on any atom is 0.490 e. The highest BCUT2D eigenvalue weighted by molar-refractivity contribution is 7.10. The Morgan fingerprint density at radius 1 is 1.13 bits per heavy atom. The third kappa shape index (κ3) is 5.72. The van der Waals surface area contributed by atoms with Gasteiger partial charge in [-0.25, -0.2) is 9.59 Å². The van der Waals surface area contributed by atoms with Crippen molar-refractivity contribution in [2.75, 3.05) is 0 Å². The van der Waals surface area contributed by atoms with Gasteiger partial charge in [0.05, 0.1) is 5.56 Å². The van der Waals surface area contributed by atoms with Crippen LogP contribution in [0.4, 0.5) is 13.2 Å². The van der Waals surface area contributed by atoms with Crippen LogP contribution in [0.1, 0.15) is 15.2 Å². The lowest BCUT2D eigenvalue weighted by Crippen LogP contribution is -2.21. The van der Waals surface area contributed by atoms with Gasteiger partial charge in [-0.3, -0.25) is 0 Å². The lowest BCUT2D eigenvalue weighted by Gasteiger charge is -1.99. The average Bonchev–Trinajstić information content (AvgIpc) is 2.96. The van der Waals surface area contributed by atoms with Crippen molar-refractivity contribution < 1.29 is 33.0 Å². The van der Waals surface area contributed by atoms with Crippen LogP contribution in [-0.4, -0.2) is 28.3 Å². The Hall–Kier alpha value is -2.39. The van der Waals surface area contributed by atoms with Gasteiger partial charge in [-0.05, 0) is 34.7 Å². The minimum atomic E-state index is -5.08. The van der Waals surface area contributed by atoms with Crippen molar-refractivity contribution in [3.63, 3.8) is 0 Å². The van der Waals surface area contributed by atoms with Crippen LogP contribution in [0.15, 0.2) is 35.7 Å². The zero-order valence-electron chi connectivity index (χ0n) is 11.5. The van der Waals surface area contributed by atoms with Gasteiger partial charge in [0.2, 0.25) is 0 Å². The third-order valence-electron chi connectivity index (χ3n) is 2.54. The number of aliphatic carboxylic acids is 1. The van der Waals surface area contributed by atoms with Crippen LogP contribution in [0.5, 0.6) is 0 Å². The number of aromatic carboxylic acids is 1. The fourth-order valence-electron chi connectivity index (χ4n) is 1.47. The molecule has 23 heavy (non-hydrogen) atoms. The van der Waals surface area contributed by atoms with E-state index in [4.69, 9.17) is 20.7 Å². The number of carboxylic acid groups (broad SMARTS) is 2. The molecular formula is C14H12F3NO4S. The number of rotatable bonds is 3. The molecule has 0 saturated carbocycles. The van der Waals surface area contributed by atoms with Gasteiger partial charge in [0.1, 0.15) is 0 Å². The number of thiophene rings is 1. The largest absolute Gasteiger partial charge is 0.490 e. The molecule has 1 aromatic carbocycles. The van der Waals surface area contributed by atoms with Crippen molar-refractivity contribution >= 4 is 23.3 Å². The summed E-state index contributed by atoms with van der Waals surface area (Å²) in [6.45, 7) is 0.517. The van der Waals surface area contributed by atoms with Crippen LogP contribution < -0.4 is 5.73 Å². The zero-order chi connectivity index (χ0) is 17.6. The van der Waals surface area contributed by atoms with E-state index in [2.05, 4.69) is 0 Å². The maximum absolute atomic E-state index is 10.8. The summed E-state index contributed by atoms with van der Waals surface area (Å²) in [6.07, 6.45) is -5.08. The SMILES string of the molecule is NCc1cc(-c2cccc(C(=O)O)c2)cs1.O=C(O)C(F)(F)F. The molecule has 5 nitrogen and oxygen atoms in total. The Morgan fingerprint density at radius 2 is 1.74 bits per heavy atom. The topological polar surface area (TPSA) is 101 Å². The van der Waals surface area contributed by atoms with Gasteiger partial charge >= 0.3 is 18.1 Å². The second kappa shape index (κ2) is 7.75. The Balaban J connectivity index is 0.000000322. The molecule has 0 saturated heterocycles.